The fourth-order valence-electron chi connectivity index (χ4n) is 5.65. The van der Waals surface area contributed by atoms with Crippen molar-refractivity contribution in [3.8, 4) is 11.4 Å². The molecule has 0 spiro atoms. The van der Waals surface area contributed by atoms with Gasteiger partial charge in [-0.15, -0.1) is 0 Å². The van der Waals surface area contributed by atoms with Crippen LogP contribution >= 0.6 is 0 Å². The third kappa shape index (κ3) is 4.98. The first kappa shape index (κ1) is 24.8. The Balaban J connectivity index is 1.12. The second-order valence-electron chi connectivity index (χ2n) is 10.5. The first-order valence-corrected chi connectivity index (χ1v) is 13.5. The molecule has 2 aliphatic heterocycles. The highest BCUT2D eigenvalue weighted by Gasteiger charge is 2.26. The second kappa shape index (κ2) is 10.3. The van der Waals surface area contributed by atoms with Crippen LogP contribution in [0.5, 0.6) is 0 Å². The van der Waals surface area contributed by atoms with Crippen molar-refractivity contribution >= 4 is 11.6 Å². The molecule has 0 bridgehead atoms. The minimum Gasteiger partial charge on any atom is -0.379 e. The van der Waals surface area contributed by atoms with Gasteiger partial charge in [0.2, 0.25) is 0 Å². The van der Waals surface area contributed by atoms with Crippen LogP contribution in [0.25, 0.3) is 17.2 Å². The molecule has 0 saturated carbocycles. The quantitative estimate of drug-likeness (QED) is 0.385. The normalized spacial score (nSPS) is 18.5. The van der Waals surface area contributed by atoms with Gasteiger partial charge >= 0.3 is 0 Å². The van der Waals surface area contributed by atoms with Gasteiger partial charge in [0.15, 0.2) is 0 Å². The van der Waals surface area contributed by atoms with Gasteiger partial charge in [-0.3, -0.25) is 9.88 Å². The molecule has 4 aromatic rings. The predicted octanol–water partition coefficient (Wildman–Crippen LogP) is 3.11. The van der Waals surface area contributed by atoms with Gasteiger partial charge in [-0.2, -0.15) is 10.1 Å². The van der Waals surface area contributed by atoms with Crippen LogP contribution in [0.4, 0.5) is 5.82 Å². The molecule has 38 heavy (non-hydrogen) atoms. The van der Waals surface area contributed by atoms with E-state index in [-0.39, 0.29) is 0 Å². The van der Waals surface area contributed by atoms with Crippen LogP contribution in [0, 0.1) is 33.6 Å². The van der Waals surface area contributed by atoms with Gasteiger partial charge in [-0.1, -0.05) is 6.07 Å². The Labute approximate surface area is 223 Å². The van der Waals surface area contributed by atoms with E-state index in [0.717, 1.165) is 98.9 Å². The molecule has 0 amide bonds. The largest absolute Gasteiger partial charge is 0.379 e. The zero-order chi connectivity index (χ0) is 26.2. The van der Waals surface area contributed by atoms with Gasteiger partial charge < -0.3 is 9.64 Å². The molecule has 10 heteroatoms. The number of fused-ring (bicyclic) bond motifs is 1. The lowest BCUT2D eigenvalue weighted by molar-refractivity contribution is 0.0341. The van der Waals surface area contributed by atoms with Crippen LogP contribution in [-0.4, -0.2) is 78.8 Å². The molecule has 2 fully saturated rings. The average molecular weight is 514 g/mol. The summed E-state index contributed by atoms with van der Waals surface area (Å²) in [5, 5.41) is 4.53. The maximum absolute atomic E-state index is 5.45. The van der Waals surface area contributed by atoms with Gasteiger partial charge in [0.1, 0.15) is 17.3 Å². The third-order valence-corrected chi connectivity index (χ3v) is 7.77. The van der Waals surface area contributed by atoms with Crippen LogP contribution in [0.1, 0.15) is 40.5 Å². The van der Waals surface area contributed by atoms with E-state index in [0.29, 0.717) is 11.7 Å². The molecule has 0 aliphatic carbocycles. The number of morpholine rings is 1. The highest BCUT2D eigenvalue weighted by molar-refractivity contribution is 5.58. The summed E-state index contributed by atoms with van der Waals surface area (Å²) >= 11 is 0. The SMILES string of the molecule is Cc1nc2nc(C)c(C[C@@H]3CCN(c4cnc(-c5ccc(CN6CCOCC6)cn5)c(C)n4)C3)c(C)n2n1. The molecule has 4 aromatic heterocycles. The van der Waals surface area contributed by atoms with Crippen LogP contribution in [0.15, 0.2) is 24.5 Å². The molecule has 6 rings (SSSR count). The highest BCUT2D eigenvalue weighted by atomic mass is 16.5. The maximum Gasteiger partial charge on any atom is 0.252 e. The molecular formula is C28H35N9O. The summed E-state index contributed by atoms with van der Waals surface area (Å²) in [7, 11) is 0. The summed E-state index contributed by atoms with van der Waals surface area (Å²) in [6, 6.07) is 4.21. The van der Waals surface area contributed by atoms with Gasteiger partial charge in [-0.05, 0) is 63.6 Å². The van der Waals surface area contributed by atoms with E-state index in [4.69, 9.17) is 24.7 Å². The van der Waals surface area contributed by atoms with Crippen LogP contribution < -0.4 is 4.90 Å². The molecule has 0 N–H and O–H groups in total. The molecular weight excluding hydrogens is 478 g/mol. The van der Waals surface area contributed by atoms with E-state index in [2.05, 4.69) is 45.9 Å². The molecule has 0 radical (unpaired) electrons. The zero-order valence-corrected chi connectivity index (χ0v) is 22.7. The Morgan fingerprint density at radius 1 is 0.921 bits per heavy atom. The van der Waals surface area contributed by atoms with Crippen LogP contribution in [0.2, 0.25) is 0 Å². The van der Waals surface area contributed by atoms with E-state index < -0.39 is 0 Å². The molecule has 2 saturated heterocycles. The lowest BCUT2D eigenvalue weighted by Gasteiger charge is -2.26. The van der Waals surface area contributed by atoms with Crippen molar-refractivity contribution in [2.75, 3.05) is 44.3 Å². The molecule has 6 heterocycles. The van der Waals surface area contributed by atoms with Gasteiger partial charge in [-0.25, -0.2) is 19.5 Å². The van der Waals surface area contributed by atoms with E-state index in [1.165, 1.54) is 11.1 Å². The number of aromatic nitrogens is 7. The lowest BCUT2D eigenvalue weighted by Crippen LogP contribution is -2.35. The summed E-state index contributed by atoms with van der Waals surface area (Å²) in [6.07, 6.45) is 5.95. The summed E-state index contributed by atoms with van der Waals surface area (Å²) < 4.78 is 7.32. The number of pyridine rings is 1. The van der Waals surface area contributed by atoms with Crippen molar-refractivity contribution in [2.24, 2.45) is 5.92 Å². The minimum absolute atomic E-state index is 0.527. The van der Waals surface area contributed by atoms with Crippen molar-refractivity contribution in [3.63, 3.8) is 0 Å². The zero-order valence-electron chi connectivity index (χ0n) is 22.7. The monoisotopic (exact) mass is 513 g/mol. The van der Waals surface area contributed by atoms with Crippen molar-refractivity contribution in [2.45, 2.75) is 47.1 Å². The second-order valence-corrected chi connectivity index (χ2v) is 10.5. The van der Waals surface area contributed by atoms with Crippen LogP contribution in [0.3, 0.4) is 0 Å². The average Bonchev–Trinajstić information content (AvgIpc) is 3.54. The maximum atomic E-state index is 5.45. The summed E-state index contributed by atoms with van der Waals surface area (Å²) in [4.78, 5) is 28.3. The molecule has 2 aliphatic rings. The van der Waals surface area contributed by atoms with E-state index in [1.54, 1.807) is 0 Å². The Bertz CT molecular complexity index is 1440. The minimum atomic E-state index is 0.527. The number of aryl methyl sites for hydroxylation is 4. The molecule has 0 unspecified atom stereocenters. The molecule has 198 valence electrons. The number of hydrogen-bond acceptors (Lipinski definition) is 9. The van der Waals surface area contributed by atoms with Gasteiger partial charge in [0.05, 0.1) is 30.8 Å². The standard InChI is InChI=1S/C28H35N9O/c1-18-24(20(3)37-28(32-18)33-21(4)34-37)13-22-7-8-36(17-22)26-15-30-27(19(2)31-26)25-6-5-23(14-29-25)16-35-9-11-38-12-10-35/h5-6,14-15,22H,7-13,16-17H2,1-4H3/t22-/m0/s1. The summed E-state index contributed by atoms with van der Waals surface area (Å²) in [5.74, 6) is 2.90. The van der Waals surface area contributed by atoms with Crippen molar-refractivity contribution in [1.29, 1.82) is 0 Å². The Hall–Kier alpha value is -3.50. The number of ether oxygens (including phenoxy) is 1. The van der Waals surface area contributed by atoms with Crippen LogP contribution in [-0.2, 0) is 17.7 Å². The fraction of sp³-hybridized carbons (Fsp3) is 0.500. The van der Waals surface area contributed by atoms with Gasteiger partial charge in [0.25, 0.3) is 5.78 Å². The summed E-state index contributed by atoms with van der Waals surface area (Å²) in [5.41, 5.74) is 7.27. The van der Waals surface area contributed by atoms with E-state index in [9.17, 15) is 0 Å². The summed E-state index contributed by atoms with van der Waals surface area (Å²) in [6.45, 7) is 14.5. The Kier molecular flexibility index (Phi) is 6.75. The van der Waals surface area contributed by atoms with Crippen molar-refractivity contribution < 1.29 is 4.74 Å². The predicted molar refractivity (Wildman–Crippen MR) is 145 cm³/mol. The number of nitrogens with zero attached hydrogens (tertiary/aromatic N) is 9. The third-order valence-electron chi connectivity index (χ3n) is 7.77. The lowest BCUT2D eigenvalue weighted by atomic mass is 9.96. The number of hydrogen-bond donors (Lipinski definition) is 0. The first-order valence-electron chi connectivity index (χ1n) is 13.5. The first-order chi connectivity index (χ1) is 18.4. The smallest absolute Gasteiger partial charge is 0.252 e. The highest BCUT2D eigenvalue weighted by Crippen LogP contribution is 2.28. The molecule has 0 aromatic carbocycles. The van der Waals surface area contributed by atoms with Gasteiger partial charge in [0, 0.05) is 50.3 Å². The topological polar surface area (TPSA) is 97.5 Å². The van der Waals surface area contributed by atoms with E-state index >= 15 is 0 Å². The molecule has 1 atom stereocenters. The fourth-order valence-corrected chi connectivity index (χ4v) is 5.65. The number of anilines is 1. The Morgan fingerprint density at radius 3 is 2.53 bits per heavy atom. The Morgan fingerprint density at radius 2 is 1.76 bits per heavy atom. The van der Waals surface area contributed by atoms with E-state index in [1.807, 2.05) is 30.8 Å². The molecule has 10 nitrogen and oxygen atoms in total. The van der Waals surface area contributed by atoms with Crippen molar-refractivity contribution in [1.82, 2.24) is 39.4 Å². The number of rotatable bonds is 6. The van der Waals surface area contributed by atoms with Crippen molar-refractivity contribution in [3.05, 3.63) is 58.6 Å².